The average Bonchev–Trinajstić information content (AvgIpc) is 3.00. The first-order chi connectivity index (χ1) is 10.3. The summed E-state index contributed by atoms with van der Waals surface area (Å²) in [7, 11) is 3.26. The first-order valence-corrected chi connectivity index (χ1v) is 7.24. The molecule has 0 saturated carbocycles. The highest BCUT2D eigenvalue weighted by molar-refractivity contribution is 8.00. The lowest BCUT2D eigenvalue weighted by Crippen LogP contribution is -1.91. The van der Waals surface area contributed by atoms with Crippen molar-refractivity contribution in [2.45, 2.75) is 4.90 Å². The topological polar surface area (TPSA) is 43.6 Å². The fourth-order valence-electron chi connectivity index (χ4n) is 2.03. The number of methoxy groups -OCH3 is 2. The van der Waals surface area contributed by atoms with Crippen LogP contribution in [0.4, 0.5) is 5.69 Å². The van der Waals surface area contributed by atoms with Crippen LogP contribution in [0.25, 0.3) is 11.0 Å². The minimum Gasteiger partial charge on any atom is -0.493 e. The van der Waals surface area contributed by atoms with Gasteiger partial charge in [0.15, 0.2) is 11.5 Å². The summed E-state index contributed by atoms with van der Waals surface area (Å²) in [6.45, 7) is 0. The molecule has 0 spiro atoms. The van der Waals surface area contributed by atoms with Crippen molar-refractivity contribution in [3.05, 3.63) is 48.7 Å². The van der Waals surface area contributed by atoms with Gasteiger partial charge in [0.1, 0.15) is 5.58 Å². The smallest absolute Gasteiger partial charge is 0.161 e. The Kier molecular flexibility index (Phi) is 3.92. The number of hydrogen-bond donors (Lipinski definition) is 1. The van der Waals surface area contributed by atoms with Gasteiger partial charge in [-0.2, -0.15) is 0 Å². The quantitative estimate of drug-likeness (QED) is 0.699. The lowest BCUT2D eigenvalue weighted by atomic mass is 10.2. The molecule has 1 N–H and O–H groups in total. The van der Waals surface area contributed by atoms with E-state index in [1.54, 1.807) is 20.5 Å². The third-order valence-corrected chi connectivity index (χ3v) is 3.92. The molecule has 4 nitrogen and oxygen atoms in total. The number of hydrogen-bond acceptors (Lipinski definition) is 5. The molecule has 3 aromatic rings. The van der Waals surface area contributed by atoms with Gasteiger partial charge in [-0.05, 0) is 54.4 Å². The third-order valence-electron chi connectivity index (χ3n) is 3.09. The second-order valence-electron chi connectivity index (χ2n) is 4.39. The van der Waals surface area contributed by atoms with Crippen molar-refractivity contribution in [1.29, 1.82) is 0 Å². The first kappa shape index (κ1) is 13.7. The van der Waals surface area contributed by atoms with Gasteiger partial charge in [0.25, 0.3) is 0 Å². The molecule has 1 heterocycles. The summed E-state index contributed by atoms with van der Waals surface area (Å²) < 4.78 is 19.2. The predicted molar refractivity (Wildman–Crippen MR) is 85.2 cm³/mol. The molecule has 21 heavy (non-hydrogen) atoms. The van der Waals surface area contributed by atoms with Crippen molar-refractivity contribution in [2.75, 3.05) is 18.9 Å². The van der Waals surface area contributed by atoms with Crippen LogP contribution in [0.1, 0.15) is 0 Å². The van der Waals surface area contributed by atoms with Crippen LogP contribution in [0.3, 0.4) is 0 Å². The van der Waals surface area contributed by atoms with Crippen LogP contribution in [0.5, 0.6) is 11.5 Å². The molecule has 0 aliphatic heterocycles. The molecule has 3 rings (SSSR count). The van der Waals surface area contributed by atoms with E-state index in [4.69, 9.17) is 13.9 Å². The van der Waals surface area contributed by atoms with Gasteiger partial charge in [0.05, 0.1) is 20.5 Å². The highest BCUT2D eigenvalue weighted by Gasteiger charge is 2.05. The molecule has 0 amide bonds. The maximum absolute atomic E-state index is 5.33. The monoisotopic (exact) mass is 301 g/mol. The van der Waals surface area contributed by atoms with Gasteiger partial charge in [-0.15, -0.1) is 0 Å². The second-order valence-corrected chi connectivity index (χ2v) is 5.27. The molecule has 0 aliphatic carbocycles. The average molecular weight is 301 g/mol. The summed E-state index contributed by atoms with van der Waals surface area (Å²) in [5.74, 6) is 1.44. The molecule has 1 aromatic heterocycles. The number of fused-ring (bicyclic) bond motifs is 1. The van der Waals surface area contributed by atoms with E-state index < -0.39 is 0 Å². The zero-order valence-electron chi connectivity index (χ0n) is 11.8. The van der Waals surface area contributed by atoms with Gasteiger partial charge in [0.2, 0.25) is 0 Å². The van der Waals surface area contributed by atoms with Crippen LogP contribution in [0, 0.1) is 0 Å². The highest BCUT2D eigenvalue weighted by Crippen LogP contribution is 2.32. The largest absolute Gasteiger partial charge is 0.493 e. The Balaban J connectivity index is 1.74. The van der Waals surface area contributed by atoms with Gasteiger partial charge in [-0.3, -0.25) is 0 Å². The molecule has 0 bridgehead atoms. The van der Waals surface area contributed by atoms with E-state index in [0.717, 1.165) is 33.1 Å². The normalized spacial score (nSPS) is 10.6. The van der Waals surface area contributed by atoms with Crippen LogP contribution < -0.4 is 14.2 Å². The van der Waals surface area contributed by atoms with Crippen LogP contribution in [-0.2, 0) is 0 Å². The van der Waals surface area contributed by atoms with Crippen molar-refractivity contribution in [3.8, 4) is 11.5 Å². The Morgan fingerprint density at radius 1 is 0.952 bits per heavy atom. The fourth-order valence-corrected chi connectivity index (χ4v) is 2.69. The predicted octanol–water partition coefficient (Wildman–Crippen LogP) is 4.57. The van der Waals surface area contributed by atoms with Crippen molar-refractivity contribution in [2.24, 2.45) is 0 Å². The van der Waals surface area contributed by atoms with E-state index >= 15 is 0 Å². The van der Waals surface area contributed by atoms with Gasteiger partial charge >= 0.3 is 0 Å². The van der Waals surface area contributed by atoms with Crippen molar-refractivity contribution in [3.63, 3.8) is 0 Å². The summed E-state index contributed by atoms with van der Waals surface area (Å²) in [5.41, 5.74) is 1.90. The van der Waals surface area contributed by atoms with Gasteiger partial charge in [-0.25, -0.2) is 0 Å². The molecule has 0 unspecified atom stereocenters. The number of benzene rings is 2. The molecule has 5 heteroatoms. The minimum absolute atomic E-state index is 0.717. The van der Waals surface area contributed by atoms with E-state index in [-0.39, 0.29) is 0 Å². The van der Waals surface area contributed by atoms with Gasteiger partial charge < -0.3 is 18.6 Å². The summed E-state index contributed by atoms with van der Waals surface area (Å²) in [6, 6.07) is 13.7. The molecule has 0 aliphatic rings. The molecule has 2 aromatic carbocycles. The lowest BCUT2D eigenvalue weighted by Gasteiger charge is -2.10. The van der Waals surface area contributed by atoms with E-state index in [1.165, 1.54) is 11.9 Å². The van der Waals surface area contributed by atoms with Crippen molar-refractivity contribution in [1.82, 2.24) is 0 Å². The Morgan fingerprint density at radius 3 is 2.62 bits per heavy atom. The first-order valence-electron chi connectivity index (χ1n) is 6.42. The maximum Gasteiger partial charge on any atom is 0.161 e. The molecular formula is C16H15NO3S. The summed E-state index contributed by atoms with van der Waals surface area (Å²) in [5, 5.41) is 1.08. The summed E-state index contributed by atoms with van der Waals surface area (Å²) in [4.78, 5) is 1.04. The van der Waals surface area contributed by atoms with Crippen LogP contribution >= 0.6 is 11.9 Å². The molecule has 0 radical (unpaired) electrons. The van der Waals surface area contributed by atoms with Crippen LogP contribution in [-0.4, -0.2) is 14.2 Å². The van der Waals surface area contributed by atoms with E-state index in [0.29, 0.717) is 0 Å². The van der Waals surface area contributed by atoms with Gasteiger partial charge in [-0.1, -0.05) is 0 Å². The molecule has 0 atom stereocenters. The lowest BCUT2D eigenvalue weighted by molar-refractivity contribution is 0.354. The number of nitrogens with one attached hydrogen (secondary N) is 1. The Labute approximate surface area is 127 Å². The van der Waals surface area contributed by atoms with E-state index in [2.05, 4.69) is 4.72 Å². The zero-order chi connectivity index (χ0) is 14.7. The van der Waals surface area contributed by atoms with E-state index in [1.807, 2.05) is 42.5 Å². The zero-order valence-corrected chi connectivity index (χ0v) is 12.6. The SMILES string of the molecule is COc1ccc(SNc2ccc3occc3c2)cc1OC. The summed E-state index contributed by atoms with van der Waals surface area (Å²) in [6.07, 6.45) is 1.69. The standard InChI is InChI=1S/C16H15NO3S/c1-18-15-6-4-13(10-16(15)19-2)21-17-12-3-5-14-11(9-12)7-8-20-14/h3-10,17H,1-2H3. The van der Waals surface area contributed by atoms with Crippen LogP contribution in [0.2, 0.25) is 0 Å². The number of ether oxygens (including phenoxy) is 2. The maximum atomic E-state index is 5.33. The summed E-state index contributed by atoms with van der Waals surface area (Å²) >= 11 is 1.52. The van der Waals surface area contributed by atoms with Crippen molar-refractivity contribution >= 4 is 28.6 Å². The van der Waals surface area contributed by atoms with Crippen molar-refractivity contribution < 1.29 is 13.9 Å². The molecule has 0 saturated heterocycles. The fraction of sp³-hybridized carbons (Fsp3) is 0.125. The van der Waals surface area contributed by atoms with Crippen LogP contribution in [0.15, 0.2) is 58.0 Å². The number of anilines is 1. The second kappa shape index (κ2) is 6.01. The molecular weight excluding hydrogens is 286 g/mol. The minimum atomic E-state index is 0.717. The molecule has 108 valence electrons. The number of furan rings is 1. The Bertz CT molecular complexity index is 754. The van der Waals surface area contributed by atoms with E-state index in [9.17, 15) is 0 Å². The Morgan fingerprint density at radius 2 is 1.81 bits per heavy atom. The number of rotatable bonds is 5. The van der Waals surface area contributed by atoms with Gasteiger partial charge in [0, 0.05) is 16.0 Å². The highest BCUT2D eigenvalue weighted by atomic mass is 32.2. The Hall–Kier alpha value is -2.27. The molecule has 0 fully saturated rings. The third kappa shape index (κ3) is 2.92.